The van der Waals surface area contributed by atoms with E-state index >= 15 is 0 Å². The van der Waals surface area contributed by atoms with Gasteiger partial charge in [-0.25, -0.2) is 0 Å². The summed E-state index contributed by atoms with van der Waals surface area (Å²) in [6.45, 7) is 10.3. The SMILES string of the molecule is CC(C#CC1(O)C(C)CCCC1(C)C)=CC=CC(C)=CCO. The fourth-order valence-electron chi connectivity index (χ4n) is 3.00. The lowest BCUT2D eigenvalue weighted by Gasteiger charge is -2.47. The maximum atomic E-state index is 11.0. The predicted octanol–water partition coefficient (Wildman–Crippen LogP) is 4.01. The third-order valence-corrected chi connectivity index (χ3v) is 4.75. The first kappa shape index (κ1) is 18.7. The molecule has 1 saturated carbocycles. The van der Waals surface area contributed by atoms with Crippen LogP contribution in [0.4, 0.5) is 0 Å². The molecule has 1 rings (SSSR count). The molecule has 0 spiro atoms. The number of hydrogen-bond acceptors (Lipinski definition) is 2. The van der Waals surface area contributed by atoms with Crippen molar-refractivity contribution in [3.05, 3.63) is 35.5 Å². The molecule has 2 nitrogen and oxygen atoms in total. The molecule has 2 atom stereocenters. The minimum absolute atomic E-state index is 0.0542. The summed E-state index contributed by atoms with van der Waals surface area (Å²) >= 11 is 0. The summed E-state index contributed by atoms with van der Waals surface area (Å²) in [5, 5.41) is 19.8. The van der Waals surface area contributed by atoms with E-state index in [9.17, 15) is 5.11 Å². The van der Waals surface area contributed by atoms with Crippen LogP contribution in [0.3, 0.4) is 0 Å². The number of hydrogen-bond donors (Lipinski definition) is 2. The molecule has 0 radical (unpaired) electrons. The lowest BCUT2D eigenvalue weighted by molar-refractivity contribution is -0.0860. The minimum atomic E-state index is -0.920. The van der Waals surface area contributed by atoms with Crippen LogP contribution in [-0.4, -0.2) is 22.4 Å². The van der Waals surface area contributed by atoms with E-state index in [1.165, 1.54) is 0 Å². The van der Waals surface area contributed by atoms with Gasteiger partial charge in [-0.15, -0.1) is 0 Å². The van der Waals surface area contributed by atoms with Crippen molar-refractivity contribution in [1.29, 1.82) is 0 Å². The van der Waals surface area contributed by atoms with Crippen molar-refractivity contribution in [2.24, 2.45) is 11.3 Å². The molecule has 122 valence electrons. The first-order valence-electron chi connectivity index (χ1n) is 8.11. The van der Waals surface area contributed by atoms with E-state index in [1.807, 2.05) is 32.1 Å². The zero-order valence-corrected chi connectivity index (χ0v) is 14.6. The van der Waals surface area contributed by atoms with Crippen LogP contribution >= 0.6 is 0 Å². The van der Waals surface area contributed by atoms with Gasteiger partial charge in [-0.1, -0.05) is 68.9 Å². The van der Waals surface area contributed by atoms with Crippen LogP contribution in [0.5, 0.6) is 0 Å². The summed E-state index contributed by atoms with van der Waals surface area (Å²) in [6.07, 6.45) is 10.7. The molecule has 0 amide bonds. The van der Waals surface area contributed by atoms with E-state index < -0.39 is 5.60 Å². The Morgan fingerprint density at radius 1 is 1.32 bits per heavy atom. The standard InChI is InChI=1S/C20H30O2/c1-16(8-6-9-17(2)12-15-21)11-14-20(22)18(3)10-7-13-19(20,4)5/h6,8-9,12,18,21-22H,7,10,13,15H2,1-5H3. The van der Waals surface area contributed by atoms with Gasteiger partial charge in [-0.05, 0) is 38.2 Å². The van der Waals surface area contributed by atoms with E-state index in [4.69, 9.17) is 5.11 Å². The van der Waals surface area contributed by atoms with E-state index in [-0.39, 0.29) is 17.9 Å². The topological polar surface area (TPSA) is 40.5 Å². The Hall–Kier alpha value is -1.30. The first-order valence-corrected chi connectivity index (χ1v) is 8.11. The summed E-state index contributed by atoms with van der Waals surface area (Å²) in [7, 11) is 0. The molecule has 1 fully saturated rings. The van der Waals surface area contributed by atoms with Gasteiger partial charge in [0, 0.05) is 5.41 Å². The second-order valence-electron chi connectivity index (χ2n) is 7.03. The third-order valence-electron chi connectivity index (χ3n) is 4.75. The summed E-state index contributed by atoms with van der Waals surface area (Å²) in [6, 6.07) is 0. The minimum Gasteiger partial charge on any atom is -0.392 e. The van der Waals surface area contributed by atoms with Crippen LogP contribution in [0, 0.1) is 23.2 Å². The molecule has 1 aliphatic rings. The van der Waals surface area contributed by atoms with Gasteiger partial charge in [0.1, 0.15) is 5.60 Å². The summed E-state index contributed by atoms with van der Waals surface area (Å²) in [4.78, 5) is 0. The molecular formula is C20H30O2. The van der Waals surface area contributed by atoms with Crippen molar-refractivity contribution in [3.63, 3.8) is 0 Å². The number of allylic oxidation sites excluding steroid dienone is 5. The van der Waals surface area contributed by atoms with Crippen molar-refractivity contribution in [1.82, 2.24) is 0 Å². The van der Waals surface area contributed by atoms with Gasteiger partial charge in [0.05, 0.1) is 6.61 Å². The molecule has 1 aliphatic carbocycles. The quantitative estimate of drug-likeness (QED) is 0.611. The zero-order chi connectivity index (χ0) is 16.8. The second-order valence-corrected chi connectivity index (χ2v) is 7.03. The molecule has 0 aromatic heterocycles. The van der Waals surface area contributed by atoms with Crippen LogP contribution in [0.15, 0.2) is 35.5 Å². The molecule has 2 N–H and O–H groups in total. The predicted molar refractivity (Wildman–Crippen MR) is 93.3 cm³/mol. The molecule has 0 aliphatic heterocycles. The molecule has 0 aromatic carbocycles. The van der Waals surface area contributed by atoms with E-state index in [0.29, 0.717) is 0 Å². The maximum absolute atomic E-state index is 11.0. The highest BCUT2D eigenvalue weighted by atomic mass is 16.3. The van der Waals surface area contributed by atoms with Crippen molar-refractivity contribution in [3.8, 4) is 11.8 Å². The molecule has 2 unspecified atom stereocenters. The smallest absolute Gasteiger partial charge is 0.133 e. The largest absolute Gasteiger partial charge is 0.392 e. The fraction of sp³-hybridized carbons (Fsp3) is 0.600. The molecule has 0 aromatic rings. The highest BCUT2D eigenvalue weighted by Crippen LogP contribution is 2.46. The number of rotatable bonds is 3. The average molecular weight is 302 g/mol. The Morgan fingerprint density at radius 3 is 2.59 bits per heavy atom. The van der Waals surface area contributed by atoms with Crippen molar-refractivity contribution in [2.45, 2.75) is 59.5 Å². The van der Waals surface area contributed by atoms with Gasteiger partial charge in [-0.2, -0.15) is 0 Å². The lowest BCUT2D eigenvalue weighted by Crippen LogP contribution is -2.51. The Labute approximate surface area is 135 Å². The van der Waals surface area contributed by atoms with Gasteiger partial charge < -0.3 is 10.2 Å². The first-order chi connectivity index (χ1) is 10.2. The monoisotopic (exact) mass is 302 g/mol. The van der Waals surface area contributed by atoms with Crippen LogP contribution in [0.25, 0.3) is 0 Å². The van der Waals surface area contributed by atoms with E-state index in [2.05, 4.69) is 32.6 Å². The molecule has 0 saturated heterocycles. The molecule has 0 bridgehead atoms. The van der Waals surface area contributed by atoms with Crippen molar-refractivity contribution in [2.75, 3.05) is 6.61 Å². The van der Waals surface area contributed by atoms with Gasteiger partial charge in [0.15, 0.2) is 0 Å². The van der Waals surface area contributed by atoms with Gasteiger partial charge in [0.2, 0.25) is 0 Å². The van der Waals surface area contributed by atoms with E-state index in [0.717, 1.165) is 30.4 Å². The van der Waals surface area contributed by atoms with Crippen LogP contribution in [0.2, 0.25) is 0 Å². The zero-order valence-electron chi connectivity index (χ0n) is 14.6. The summed E-state index contributed by atoms with van der Waals surface area (Å²) in [5.41, 5.74) is 0.848. The fourth-order valence-corrected chi connectivity index (χ4v) is 3.00. The number of aliphatic hydroxyl groups is 2. The Balaban J connectivity index is 2.89. The van der Waals surface area contributed by atoms with E-state index in [1.54, 1.807) is 6.08 Å². The third kappa shape index (κ3) is 4.60. The highest BCUT2D eigenvalue weighted by molar-refractivity contribution is 5.36. The molecule has 0 heterocycles. The number of aliphatic hydroxyl groups excluding tert-OH is 1. The summed E-state index contributed by atoms with van der Waals surface area (Å²) < 4.78 is 0. The van der Waals surface area contributed by atoms with Crippen LogP contribution < -0.4 is 0 Å². The van der Waals surface area contributed by atoms with Gasteiger partial charge in [-0.3, -0.25) is 0 Å². The molecular weight excluding hydrogens is 272 g/mol. The lowest BCUT2D eigenvalue weighted by atomic mass is 9.61. The van der Waals surface area contributed by atoms with Crippen LogP contribution in [-0.2, 0) is 0 Å². The van der Waals surface area contributed by atoms with Gasteiger partial charge >= 0.3 is 0 Å². The average Bonchev–Trinajstić information content (AvgIpc) is 2.43. The normalized spacial score (nSPS) is 29.3. The van der Waals surface area contributed by atoms with Gasteiger partial charge in [0.25, 0.3) is 0 Å². The molecule has 2 heteroatoms. The maximum Gasteiger partial charge on any atom is 0.133 e. The Bertz CT molecular complexity index is 526. The summed E-state index contributed by atoms with van der Waals surface area (Å²) in [5.74, 6) is 6.47. The highest BCUT2D eigenvalue weighted by Gasteiger charge is 2.48. The Morgan fingerprint density at radius 2 is 2.00 bits per heavy atom. The Kier molecular flexibility index (Phi) is 6.66. The second kappa shape index (κ2) is 7.81. The molecule has 22 heavy (non-hydrogen) atoms. The van der Waals surface area contributed by atoms with Crippen molar-refractivity contribution >= 4 is 0 Å². The van der Waals surface area contributed by atoms with Crippen molar-refractivity contribution < 1.29 is 10.2 Å². The van der Waals surface area contributed by atoms with Crippen LogP contribution in [0.1, 0.15) is 53.9 Å².